The predicted octanol–water partition coefficient (Wildman–Crippen LogP) is 4.16. The molecule has 3 atom stereocenters. The van der Waals surface area contributed by atoms with Crippen LogP contribution in [0.2, 0.25) is 0 Å². The number of rotatable bonds is 4. The van der Waals surface area contributed by atoms with Crippen molar-refractivity contribution in [1.82, 2.24) is 30.2 Å². The normalized spacial score (nSPS) is 23.9. The Labute approximate surface area is 244 Å². The van der Waals surface area contributed by atoms with Crippen LogP contribution in [0.5, 0.6) is 0 Å². The first-order valence-electron chi connectivity index (χ1n) is 14.8. The van der Waals surface area contributed by atoms with E-state index in [-0.39, 0.29) is 35.8 Å². The summed E-state index contributed by atoms with van der Waals surface area (Å²) in [7, 11) is 0. The highest BCUT2D eigenvalue weighted by Gasteiger charge is 2.41. The molecular formula is C32H35N7O3. The molecule has 10 heteroatoms. The highest BCUT2D eigenvalue weighted by molar-refractivity contribution is 5.92. The van der Waals surface area contributed by atoms with Crippen LogP contribution in [0, 0.1) is 5.92 Å². The van der Waals surface area contributed by atoms with Gasteiger partial charge in [-0.2, -0.15) is 5.10 Å². The third kappa shape index (κ3) is 5.01. The Balaban J connectivity index is 1.03. The molecule has 7 rings (SSSR count). The summed E-state index contributed by atoms with van der Waals surface area (Å²) in [4.78, 5) is 45.9. The topological polar surface area (TPSA) is 114 Å². The lowest BCUT2D eigenvalue weighted by molar-refractivity contribution is -0.133. The molecule has 3 aliphatic heterocycles. The fourth-order valence-corrected chi connectivity index (χ4v) is 6.92. The minimum Gasteiger partial charge on any atom is -0.336 e. The van der Waals surface area contributed by atoms with Crippen LogP contribution >= 0.6 is 0 Å². The first-order valence-corrected chi connectivity index (χ1v) is 14.8. The molecule has 1 aliphatic carbocycles. The Hall–Kier alpha value is -4.60. The smallest absolute Gasteiger partial charge is 0.322 e. The molecule has 0 bridgehead atoms. The van der Waals surface area contributed by atoms with Crippen molar-refractivity contribution in [1.29, 1.82) is 0 Å². The number of likely N-dealkylation sites (tertiary alicyclic amines) is 2. The molecule has 4 heterocycles. The Bertz CT molecular complexity index is 1510. The van der Waals surface area contributed by atoms with Gasteiger partial charge in [0.2, 0.25) is 5.91 Å². The number of hydrogen-bond donors (Lipinski definition) is 3. The molecule has 3 aromatic rings. The van der Waals surface area contributed by atoms with Crippen LogP contribution in [0.1, 0.15) is 47.6 Å². The van der Waals surface area contributed by atoms with Crippen LogP contribution in [0.4, 0.5) is 15.3 Å². The molecule has 2 saturated heterocycles. The van der Waals surface area contributed by atoms with Gasteiger partial charge in [-0.25, -0.2) is 9.59 Å². The van der Waals surface area contributed by atoms with Gasteiger partial charge in [0.25, 0.3) is 0 Å². The number of aromatic amines is 1. The molecular weight excluding hydrogens is 530 g/mol. The molecule has 216 valence electrons. The van der Waals surface area contributed by atoms with Crippen molar-refractivity contribution in [3.8, 4) is 0 Å². The van der Waals surface area contributed by atoms with Crippen molar-refractivity contribution in [2.24, 2.45) is 5.92 Å². The summed E-state index contributed by atoms with van der Waals surface area (Å²) in [6.07, 6.45) is 7.98. The third-order valence-electron chi connectivity index (χ3n) is 9.23. The summed E-state index contributed by atoms with van der Waals surface area (Å²) in [6, 6.07) is 17.0. The van der Waals surface area contributed by atoms with E-state index >= 15 is 0 Å². The number of para-hydroxylation sites is 1. The first-order chi connectivity index (χ1) is 20.5. The number of benzene rings is 2. The zero-order chi connectivity index (χ0) is 28.6. The molecule has 0 saturated carbocycles. The van der Waals surface area contributed by atoms with E-state index in [0.717, 1.165) is 28.1 Å². The van der Waals surface area contributed by atoms with E-state index < -0.39 is 6.04 Å². The molecule has 3 N–H and O–H groups in total. The van der Waals surface area contributed by atoms with Crippen LogP contribution in [-0.4, -0.2) is 74.6 Å². The summed E-state index contributed by atoms with van der Waals surface area (Å²) in [5.74, 6) is 0.157. The lowest BCUT2D eigenvalue weighted by atomic mass is 9.79. The number of hydrogen-bond acceptors (Lipinski definition) is 4. The molecule has 5 amide bonds. The maximum atomic E-state index is 14.0. The van der Waals surface area contributed by atoms with Gasteiger partial charge in [-0.15, -0.1) is 0 Å². The largest absolute Gasteiger partial charge is 0.336 e. The van der Waals surface area contributed by atoms with Gasteiger partial charge in [-0.3, -0.25) is 9.89 Å². The number of carbonyl (C=O) groups excluding carboxylic acids is 3. The second-order valence-electron chi connectivity index (χ2n) is 11.7. The quantitative estimate of drug-likeness (QED) is 0.441. The zero-order valence-electron chi connectivity index (χ0n) is 23.4. The van der Waals surface area contributed by atoms with Crippen molar-refractivity contribution in [2.45, 2.75) is 50.4 Å². The minimum absolute atomic E-state index is 0.0561. The van der Waals surface area contributed by atoms with Crippen molar-refractivity contribution >= 4 is 29.7 Å². The van der Waals surface area contributed by atoms with Gasteiger partial charge < -0.3 is 25.3 Å². The molecule has 10 nitrogen and oxygen atoms in total. The van der Waals surface area contributed by atoms with Crippen molar-refractivity contribution < 1.29 is 14.4 Å². The van der Waals surface area contributed by atoms with Gasteiger partial charge in [-0.05, 0) is 48.4 Å². The van der Waals surface area contributed by atoms with Crippen LogP contribution in [0.25, 0.3) is 6.08 Å². The summed E-state index contributed by atoms with van der Waals surface area (Å²) in [6.45, 7) is 2.68. The lowest BCUT2D eigenvalue weighted by Crippen LogP contribution is -2.55. The maximum absolute atomic E-state index is 14.0. The lowest BCUT2D eigenvalue weighted by Gasteiger charge is -2.40. The minimum atomic E-state index is -0.628. The number of allylic oxidation sites excluding steroid dienone is 1. The molecule has 1 aromatic heterocycles. The summed E-state index contributed by atoms with van der Waals surface area (Å²) in [5, 5.41) is 13.4. The standard InChI is InChI=1S/C32H35N7O3/c40-30-29(16-22-10-11-28-25(17-33-36-28)26(22)20-38(30)18-21-6-2-1-3-7-21)35-31(41)37-14-12-24(13-15-37)39-19-23-8-4-5-9-27(23)34-32(39)42/h1-11,17,22,24,26,29H,12-16,18-20H2,(H,33,36)(H,34,42)(H,35,41)/t22?,26?,29-/m1/s1. The highest BCUT2D eigenvalue weighted by Crippen LogP contribution is 2.39. The van der Waals surface area contributed by atoms with Crippen molar-refractivity contribution in [3.63, 3.8) is 0 Å². The SMILES string of the molecule is O=C(N[C@@H]1CC2C=Cc3[nH]ncc3C2CN(Cc2ccccc2)C1=O)N1CCC(N2Cc3ccccc3NC2=O)CC1. The molecule has 0 radical (unpaired) electrons. The predicted molar refractivity (Wildman–Crippen MR) is 158 cm³/mol. The van der Waals surface area contributed by atoms with Crippen LogP contribution < -0.4 is 10.6 Å². The molecule has 2 fully saturated rings. The number of amides is 5. The van der Waals surface area contributed by atoms with E-state index in [4.69, 9.17) is 0 Å². The van der Waals surface area contributed by atoms with Gasteiger partial charge in [0.15, 0.2) is 0 Å². The number of aromatic nitrogens is 2. The van der Waals surface area contributed by atoms with Crippen molar-refractivity contribution in [3.05, 3.63) is 89.3 Å². The first kappa shape index (κ1) is 26.3. The van der Waals surface area contributed by atoms with Crippen molar-refractivity contribution in [2.75, 3.05) is 25.0 Å². The average molecular weight is 566 g/mol. The van der Waals surface area contributed by atoms with Crippen LogP contribution in [0.3, 0.4) is 0 Å². The Kier molecular flexibility index (Phi) is 6.89. The van der Waals surface area contributed by atoms with E-state index in [1.54, 1.807) is 4.90 Å². The number of urea groups is 2. The molecule has 4 aliphatic rings. The third-order valence-corrected chi connectivity index (χ3v) is 9.23. The summed E-state index contributed by atoms with van der Waals surface area (Å²) < 4.78 is 0. The van der Waals surface area contributed by atoms with E-state index in [2.05, 4.69) is 26.9 Å². The molecule has 42 heavy (non-hydrogen) atoms. The zero-order valence-corrected chi connectivity index (χ0v) is 23.4. The number of piperidine rings is 1. The fraction of sp³-hybridized carbons (Fsp3) is 0.375. The van der Waals surface area contributed by atoms with Gasteiger partial charge >= 0.3 is 12.1 Å². The Morgan fingerprint density at radius 2 is 1.81 bits per heavy atom. The number of anilines is 1. The average Bonchev–Trinajstić information content (AvgIpc) is 3.46. The highest BCUT2D eigenvalue weighted by atomic mass is 16.2. The van der Waals surface area contributed by atoms with Crippen LogP contribution in [-0.2, 0) is 17.9 Å². The van der Waals surface area contributed by atoms with Gasteiger partial charge in [0, 0.05) is 55.9 Å². The van der Waals surface area contributed by atoms with E-state index in [1.165, 1.54) is 0 Å². The van der Waals surface area contributed by atoms with E-state index in [9.17, 15) is 14.4 Å². The Morgan fingerprint density at radius 1 is 1.02 bits per heavy atom. The Morgan fingerprint density at radius 3 is 2.64 bits per heavy atom. The monoisotopic (exact) mass is 565 g/mol. The second kappa shape index (κ2) is 11.0. The maximum Gasteiger partial charge on any atom is 0.322 e. The van der Waals surface area contributed by atoms with Gasteiger partial charge in [-0.1, -0.05) is 54.6 Å². The van der Waals surface area contributed by atoms with E-state index in [0.29, 0.717) is 52.0 Å². The number of nitrogens with one attached hydrogen (secondary N) is 3. The van der Waals surface area contributed by atoms with Gasteiger partial charge in [0.05, 0.1) is 11.9 Å². The van der Waals surface area contributed by atoms with E-state index in [1.807, 2.05) is 76.7 Å². The number of fused-ring (bicyclic) bond motifs is 4. The summed E-state index contributed by atoms with van der Waals surface area (Å²) in [5.41, 5.74) is 5.12. The number of carbonyl (C=O) groups is 3. The molecule has 0 spiro atoms. The molecule has 2 aromatic carbocycles. The second-order valence-corrected chi connectivity index (χ2v) is 11.7. The number of H-pyrrole nitrogens is 1. The fourth-order valence-electron chi connectivity index (χ4n) is 6.92. The van der Waals surface area contributed by atoms with Crippen LogP contribution in [0.15, 0.2) is 66.9 Å². The molecule has 2 unspecified atom stereocenters. The number of nitrogens with zero attached hydrogens (tertiary/aromatic N) is 4. The van der Waals surface area contributed by atoms with Gasteiger partial charge in [0.1, 0.15) is 6.04 Å². The summed E-state index contributed by atoms with van der Waals surface area (Å²) >= 11 is 0.